The minimum absolute atomic E-state index is 0.103. The maximum absolute atomic E-state index is 12.5. The fourth-order valence-corrected chi connectivity index (χ4v) is 3.31. The molecule has 0 fully saturated rings. The molecule has 114 valence electrons. The highest BCUT2D eigenvalue weighted by atomic mass is 32.1. The Bertz CT molecular complexity index is 776. The predicted octanol–water partition coefficient (Wildman–Crippen LogP) is 3.32. The van der Waals surface area contributed by atoms with Crippen LogP contribution in [-0.2, 0) is 24.3 Å². The Labute approximate surface area is 134 Å². The van der Waals surface area contributed by atoms with E-state index < -0.39 is 0 Å². The summed E-state index contributed by atoms with van der Waals surface area (Å²) < 4.78 is 2.03. The molecule has 0 atom stereocenters. The van der Waals surface area contributed by atoms with Crippen LogP contribution in [0.5, 0.6) is 0 Å². The summed E-state index contributed by atoms with van der Waals surface area (Å²) in [5.74, 6) is 1.06. The number of imidazole rings is 1. The topological polar surface area (TPSA) is 38.1 Å². The van der Waals surface area contributed by atoms with Crippen LogP contribution in [0.15, 0.2) is 41.8 Å². The number of para-hydroxylation sites is 2. The molecule has 0 saturated carbocycles. The van der Waals surface area contributed by atoms with Crippen molar-refractivity contribution in [2.24, 2.45) is 0 Å². The summed E-state index contributed by atoms with van der Waals surface area (Å²) in [5.41, 5.74) is 1.98. The lowest BCUT2D eigenvalue weighted by molar-refractivity contribution is -0.131. The van der Waals surface area contributed by atoms with Crippen LogP contribution in [0.2, 0.25) is 0 Å². The molecule has 2 aromatic heterocycles. The molecule has 5 heteroatoms. The van der Waals surface area contributed by atoms with E-state index in [2.05, 4.69) is 18.0 Å². The van der Waals surface area contributed by atoms with Crippen LogP contribution in [0, 0.1) is 0 Å². The second-order valence-electron chi connectivity index (χ2n) is 5.29. The monoisotopic (exact) mass is 313 g/mol. The van der Waals surface area contributed by atoms with Gasteiger partial charge in [-0.2, -0.15) is 0 Å². The molecule has 0 aliphatic heterocycles. The van der Waals surface area contributed by atoms with Gasteiger partial charge in [0.2, 0.25) is 5.91 Å². The fourth-order valence-electron chi connectivity index (χ4n) is 2.55. The van der Waals surface area contributed by atoms with Gasteiger partial charge in [0.1, 0.15) is 12.4 Å². The summed E-state index contributed by atoms with van der Waals surface area (Å²) in [4.78, 5) is 20.1. The van der Waals surface area contributed by atoms with E-state index in [1.807, 2.05) is 47.3 Å². The van der Waals surface area contributed by atoms with Crippen LogP contribution in [-0.4, -0.2) is 27.4 Å². The summed E-state index contributed by atoms with van der Waals surface area (Å²) in [7, 11) is 1.85. The zero-order valence-electron chi connectivity index (χ0n) is 12.8. The fraction of sp³-hybridized carbons (Fsp3) is 0.294. The molecular formula is C17H19N3OS. The minimum atomic E-state index is 0.103. The first-order chi connectivity index (χ1) is 10.7. The van der Waals surface area contributed by atoms with E-state index in [0.717, 1.165) is 23.3 Å². The van der Waals surface area contributed by atoms with Gasteiger partial charge >= 0.3 is 0 Å². The van der Waals surface area contributed by atoms with Gasteiger partial charge in [-0.05, 0) is 23.6 Å². The van der Waals surface area contributed by atoms with Crippen LogP contribution in [0.1, 0.15) is 17.6 Å². The van der Waals surface area contributed by atoms with Gasteiger partial charge in [-0.1, -0.05) is 25.1 Å². The van der Waals surface area contributed by atoms with E-state index in [4.69, 9.17) is 0 Å². The number of amides is 1. The third kappa shape index (κ3) is 2.90. The number of likely N-dealkylation sites (N-methyl/N-ethyl adjacent to an activating group) is 1. The van der Waals surface area contributed by atoms with Gasteiger partial charge in [-0.15, -0.1) is 11.3 Å². The van der Waals surface area contributed by atoms with Crippen molar-refractivity contribution in [1.29, 1.82) is 0 Å². The number of thiophene rings is 1. The van der Waals surface area contributed by atoms with E-state index in [-0.39, 0.29) is 5.91 Å². The summed E-state index contributed by atoms with van der Waals surface area (Å²) in [6.07, 6.45) is 0.816. The second kappa shape index (κ2) is 6.32. The number of aryl methyl sites for hydroxylation is 1. The van der Waals surface area contributed by atoms with E-state index >= 15 is 0 Å². The third-order valence-corrected chi connectivity index (χ3v) is 4.60. The van der Waals surface area contributed by atoms with E-state index in [0.29, 0.717) is 13.1 Å². The molecule has 4 nitrogen and oxygen atoms in total. The first kappa shape index (κ1) is 14.8. The second-order valence-corrected chi connectivity index (χ2v) is 6.32. The molecule has 1 amide bonds. The van der Waals surface area contributed by atoms with Gasteiger partial charge in [0, 0.05) is 18.3 Å². The molecule has 0 aliphatic rings. The standard InChI is InChI=1S/C17H19N3OS/c1-3-16-18-14-8-4-5-9-15(14)20(16)12-17(21)19(2)11-13-7-6-10-22-13/h4-10H,3,11-12H2,1-2H3. The van der Waals surface area contributed by atoms with Crippen molar-refractivity contribution in [3.8, 4) is 0 Å². The van der Waals surface area contributed by atoms with Crippen LogP contribution in [0.25, 0.3) is 11.0 Å². The van der Waals surface area contributed by atoms with E-state index in [1.165, 1.54) is 4.88 Å². The van der Waals surface area contributed by atoms with Gasteiger partial charge < -0.3 is 9.47 Å². The molecule has 0 bridgehead atoms. The molecule has 3 aromatic rings. The predicted molar refractivity (Wildman–Crippen MR) is 89.9 cm³/mol. The molecule has 1 aromatic carbocycles. The molecular weight excluding hydrogens is 294 g/mol. The smallest absolute Gasteiger partial charge is 0.242 e. The van der Waals surface area contributed by atoms with Crippen molar-refractivity contribution in [3.05, 3.63) is 52.5 Å². The average Bonchev–Trinajstić information content (AvgIpc) is 3.15. The largest absolute Gasteiger partial charge is 0.339 e. The first-order valence-electron chi connectivity index (χ1n) is 7.39. The number of aromatic nitrogens is 2. The molecule has 0 saturated heterocycles. The quantitative estimate of drug-likeness (QED) is 0.725. The summed E-state index contributed by atoms with van der Waals surface area (Å²) in [5, 5.41) is 2.03. The lowest BCUT2D eigenvalue weighted by atomic mass is 10.3. The highest BCUT2D eigenvalue weighted by Gasteiger charge is 2.15. The summed E-state index contributed by atoms with van der Waals surface area (Å²) in [6.45, 7) is 3.06. The van der Waals surface area contributed by atoms with Crippen LogP contribution in [0.4, 0.5) is 0 Å². The SMILES string of the molecule is CCc1nc2ccccc2n1CC(=O)N(C)Cc1cccs1. The van der Waals surface area contributed by atoms with Crippen molar-refractivity contribution in [2.75, 3.05) is 7.05 Å². The van der Waals surface area contributed by atoms with Gasteiger partial charge in [0.05, 0.1) is 17.6 Å². The number of benzene rings is 1. The van der Waals surface area contributed by atoms with Gasteiger partial charge in [-0.3, -0.25) is 4.79 Å². The Morgan fingerprint density at radius 2 is 2.09 bits per heavy atom. The maximum Gasteiger partial charge on any atom is 0.242 e. The van der Waals surface area contributed by atoms with Crippen molar-refractivity contribution in [2.45, 2.75) is 26.4 Å². The molecule has 0 radical (unpaired) electrons. The lowest BCUT2D eigenvalue weighted by Crippen LogP contribution is -2.30. The minimum Gasteiger partial charge on any atom is -0.339 e. The van der Waals surface area contributed by atoms with E-state index in [1.54, 1.807) is 16.2 Å². The highest BCUT2D eigenvalue weighted by molar-refractivity contribution is 7.09. The highest BCUT2D eigenvalue weighted by Crippen LogP contribution is 2.17. The third-order valence-electron chi connectivity index (χ3n) is 3.74. The number of nitrogens with zero attached hydrogens (tertiary/aromatic N) is 3. The Balaban J connectivity index is 1.81. The number of hydrogen-bond donors (Lipinski definition) is 0. The van der Waals surface area contributed by atoms with Crippen LogP contribution in [0.3, 0.4) is 0 Å². The van der Waals surface area contributed by atoms with Crippen molar-refractivity contribution >= 4 is 28.3 Å². The van der Waals surface area contributed by atoms with Crippen LogP contribution < -0.4 is 0 Å². The normalized spacial score (nSPS) is 11.0. The van der Waals surface area contributed by atoms with Gasteiger partial charge in [0.25, 0.3) is 0 Å². The van der Waals surface area contributed by atoms with E-state index in [9.17, 15) is 4.79 Å². The maximum atomic E-state index is 12.5. The van der Waals surface area contributed by atoms with Crippen molar-refractivity contribution < 1.29 is 4.79 Å². The molecule has 0 N–H and O–H groups in total. The van der Waals surface area contributed by atoms with Gasteiger partial charge in [0.15, 0.2) is 0 Å². The molecule has 0 aliphatic carbocycles. The zero-order valence-corrected chi connectivity index (χ0v) is 13.6. The molecule has 0 unspecified atom stereocenters. The number of fused-ring (bicyclic) bond motifs is 1. The van der Waals surface area contributed by atoms with Crippen molar-refractivity contribution in [3.63, 3.8) is 0 Å². The number of carbonyl (C=O) groups is 1. The molecule has 22 heavy (non-hydrogen) atoms. The average molecular weight is 313 g/mol. The molecule has 0 spiro atoms. The van der Waals surface area contributed by atoms with Crippen molar-refractivity contribution in [1.82, 2.24) is 14.5 Å². The zero-order chi connectivity index (χ0) is 15.5. The molecule has 2 heterocycles. The number of carbonyl (C=O) groups excluding carboxylic acids is 1. The Kier molecular flexibility index (Phi) is 4.24. The number of hydrogen-bond acceptors (Lipinski definition) is 3. The Hall–Kier alpha value is -2.14. The number of rotatable bonds is 5. The van der Waals surface area contributed by atoms with Crippen LogP contribution >= 0.6 is 11.3 Å². The molecule has 3 rings (SSSR count). The van der Waals surface area contributed by atoms with Gasteiger partial charge in [-0.25, -0.2) is 4.98 Å². The lowest BCUT2D eigenvalue weighted by Gasteiger charge is -2.17. The first-order valence-corrected chi connectivity index (χ1v) is 8.27. The Morgan fingerprint density at radius 3 is 2.82 bits per heavy atom. The summed E-state index contributed by atoms with van der Waals surface area (Å²) >= 11 is 1.67. The summed E-state index contributed by atoms with van der Waals surface area (Å²) in [6, 6.07) is 12.0. The Morgan fingerprint density at radius 1 is 1.27 bits per heavy atom.